The van der Waals surface area contributed by atoms with Crippen molar-refractivity contribution in [3.05, 3.63) is 24.2 Å². The van der Waals surface area contributed by atoms with Crippen LogP contribution in [0.3, 0.4) is 0 Å². The first-order valence-corrected chi connectivity index (χ1v) is 8.61. The van der Waals surface area contributed by atoms with E-state index in [2.05, 4.69) is 24.5 Å². The highest BCUT2D eigenvalue weighted by molar-refractivity contribution is 5.95. The van der Waals surface area contributed by atoms with Crippen molar-refractivity contribution in [3.63, 3.8) is 0 Å². The van der Waals surface area contributed by atoms with Crippen LogP contribution in [0.25, 0.3) is 0 Å². The minimum Gasteiger partial charge on any atom is -0.459 e. The predicted molar refractivity (Wildman–Crippen MR) is 91.1 cm³/mol. The summed E-state index contributed by atoms with van der Waals surface area (Å²) in [6.07, 6.45) is 5.96. The lowest BCUT2D eigenvalue weighted by molar-refractivity contribution is -0.124. The molecule has 2 N–H and O–H groups in total. The van der Waals surface area contributed by atoms with E-state index in [1.165, 1.54) is 12.7 Å². The van der Waals surface area contributed by atoms with Gasteiger partial charge in [0.1, 0.15) is 6.04 Å². The quantitative estimate of drug-likeness (QED) is 0.694. The van der Waals surface area contributed by atoms with Gasteiger partial charge in [0.25, 0.3) is 5.91 Å². The number of rotatable bonds is 10. The third kappa shape index (κ3) is 6.47. The maximum absolute atomic E-state index is 12.4. The zero-order valence-corrected chi connectivity index (χ0v) is 14.7. The van der Waals surface area contributed by atoms with Gasteiger partial charge in [-0.05, 0) is 30.4 Å². The smallest absolute Gasteiger partial charge is 0.287 e. The summed E-state index contributed by atoms with van der Waals surface area (Å²) in [6.45, 7) is 8.81. The molecule has 2 unspecified atom stereocenters. The molecule has 0 aromatic carbocycles. The maximum atomic E-state index is 12.4. The SMILES string of the molecule is CCCCC(CC)CNC(=O)C(NC(=O)c1ccco1)C(C)C. The molecule has 5 nitrogen and oxygen atoms in total. The summed E-state index contributed by atoms with van der Waals surface area (Å²) in [6, 6.07) is 2.68. The molecule has 130 valence electrons. The highest BCUT2D eigenvalue weighted by Gasteiger charge is 2.25. The topological polar surface area (TPSA) is 71.3 Å². The first-order chi connectivity index (χ1) is 11.0. The van der Waals surface area contributed by atoms with Gasteiger partial charge in [-0.3, -0.25) is 9.59 Å². The second-order valence-corrected chi connectivity index (χ2v) is 6.33. The highest BCUT2D eigenvalue weighted by atomic mass is 16.3. The van der Waals surface area contributed by atoms with Crippen molar-refractivity contribution in [3.8, 4) is 0 Å². The Labute approximate surface area is 139 Å². The number of carbonyl (C=O) groups excluding carboxylic acids is 2. The Morgan fingerprint density at radius 1 is 1.26 bits per heavy atom. The molecule has 1 rings (SSSR count). The molecule has 0 radical (unpaired) electrons. The van der Waals surface area contributed by atoms with Gasteiger partial charge in [0.05, 0.1) is 6.26 Å². The molecule has 5 heteroatoms. The van der Waals surface area contributed by atoms with Crippen LogP contribution in [0.5, 0.6) is 0 Å². The molecule has 0 aliphatic carbocycles. The lowest BCUT2D eigenvalue weighted by Crippen LogP contribution is -2.50. The molecule has 2 atom stereocenters. The first kappa shape index (κ1) is 19.3. The van der Waals surface area contributed by atoms with Gasteiger partial charge >= 0.3 is 0 Å². The van der Waals surface area contributed by atoms with Crippen molar-refractivity contribution < 1.29 is 14.0 Å². The normalized spacial score (nSPS) is 13.6. The second kappa shape index (κ2) is 10.1. The molecule has 0 bridgehead atoms. The standard InChI is InChI=1S/C18H30N2O3/c1-5-7-9-14(6-2)12-19-18(22)16(13(3)4)20-17(21)15-10-8-11-23-15/h8,10-11,13-14,16H,5-7,9,12H2,1-4H3,(H,19,22)(H,20,21). The molecular formula is C18H30N2O3. The summed E-state index contributed by atoms with van der Waals surface area (Å²) >= 11 is 0. The average molecular weight is 322 g/mol. The summed E-state index contributed by atoms with van der Waals surface area (Å²) in [5, 5.41) is 5.75. The van der Waals surface area contributed by atoms with Crippen molar-refractivity contribution in [1.29, 1.82) is 0 Å². The lowest BCUT2D eigenvalue weighted by atomic mass is 9.98. The van der Waals surface area contributed by atoms with Crippen LogP contribution < -0.4 is 10.6 Å². The Kier molecular flexibility index (Phi) is 8.45. The Balaban J connectivity index is 2.55. The molecule has 0 saturated carbocycles. The fourth-order valence-corrected chi connectivity index (χ4v) is 2.45. The molecule has 2 amide bonds. The molecule has 0 aliphatic rings. The van der Waals surface area contributed by atoms with E-state index < -0.39 is 6.04 Å². The summed E-state index contributed by atoms with van der Waals surface area (Å²) in [5.41, 5.74) is 0. The van der Waals surface area contributed by atoms with Gasteiger partial charge in [0.2, 0.25) is 5.91 Å². The van der Waals surface area contributed by atoms with Crippen molar-refractivity contribution in [2.75, 3.05) is 6.54 Å². The zero-order chi connectivity index (χ0) is 17.2. The van der Waals surface area contributed by atoms with E-state index in [4.69, 9.17) is 4.42 Å². The van der Waals surface area contributed by atoms with Gasteiger partial charge < -0.3 is 15.1 Å². The molecule has 23 heavy (non-hydrogen) atoms. The second-order valence-electron chi connectivity index (χ2n) is 6.33. The average Bonchev–Trinajstić information content (AvgIpc) is 3.06. The van der Waals surface area contributed by atoms with Crippen LogP contribution in [0.4, 0.5) is 0 Å². The Hall–Kier alpha value is -1.78. The first-order valence-electron chi connectivity index (χ1n) is 8.61. The molecule has 0 spiro atoms. The largest absolute Gasteiger partial charge is 0.459 e. The zero-order valence-electron chi connectivity index (χ0n) is 14.7. The van der Waals surface area contributed by atoms with E-state index in [-0.39, 0.29) is 23.5 Å². The minimum absolute atomic E-state index is 0.00429. The summed E-state index contributed by atoms with van der Waals surface area (Å²) in [5.74, 6) is 0.228. The van der Waals surface area contributed by atoms with E-state index in [0.717, 1.165) is 19.3 Å². The molecule has 0 aliphatic heterocycles. The third-order valence-corrected chi connectivity index (χ3v) is 4.09. The predicted octanol–water partition coefficient (Wildman–Crippen LogP) is 3.37. The fraction of sp³-hybridized carbons (Fsp3) is 0.667. The van der Waals surface area contributed by atoms with E-state index in [9.17, 15) is 9.59 Å². The Morgan fingerprint density at radius 2 is 2.00 bits per heavy atom. The number of furan rings is 1. The van der Waals surface area contributed by atoms with Crippen LogP contribution >= 0.6 is 0 Å². The summed E-state index contributed by atoms with van der Waals surface area (Å²) in [7, 11) is 0. The van der Waals surface area contributed by atoms with Gasteiger partial charge in [0, 0.05) is 6.54 Å². The van der Waals surface area contributed by atoms with Crippen LogP contribution in [0, 0.1) is 11.8 Å². The number of hydrogen-bond donors (Lipinski definition) is 2. The van der Waals surface area contributed by atoms with Gasteiger partial charge in [-0.1, -0.05) is 47.0 Å². The monoisotopic (exact) mass is 322 g/mol. The molecule has 1 aromatic heterocycles. The Morgan fingerprint density at radius 3 is 2.52 bits per heavy atom. The number of nitrogens with one attached hydrogen (secondary N) is 2. The van der Waals surface area contributed by atoms with Crippen molar-refractivity contribution >= 4 is 11.8 Å². The van der Waals surface area contributed by atoms with Crippen molar-refractivity contribution in [1.82, 2.24) is 10.6 Å². The Bertz CT molecular complexity index is 469. The lowest BCUT2D eigenvalue weighted by Gasteiger charge is -2.23. The van der Waals surface area contributed by atoms with Crippen LogP contribution in [-0.2, 0) is 4.79 Å². The molecule has 1 heterocycles. The van der Waals surface area contributed by atoms with Gasteiger partial charge in [-0.2, -0.15) is 0 Å². The van der Waals surface area contributed by atoms with Gasteiger partial charge in [0.15, 0.2) is 5.76 Å². The van der Waals surface area contributed by atoms with Crippen molar-refractivity contribution in [2.24, 2.45) is 11.8 Å². The molecular weight excluding hydrogens is 292 g/mol. The van der Waals surface area contributed by atoms with Gasteiger partial charge in [-0.25, -0.2) is 0 Å². The van der Waals surface area contributed by atoms with E-state index >= 15 is 0 Å². The van der Waals surface area contributed by atoms with Crippen LogP contribution in [0.2, 0.25) is 0 Å². The van der Waals surface area contributed by atoms with Crippen molar-refractivity contribution in [2.45, 2.75) is 59.4 Å². The number of hydrogen-bond acceptors (Lipinski definition) is 3. The van der Waals surface area contributed by atoms with E-state index in [1.54, 1.807) is 12.1 Å². The number of unbranched alkanes of at least 4 members (excludes halogenated alkanes) is 1. The van der Waals surface area contributed by atoms with E-state index in [0.29, 0.717) is 12.5 Å². The van der Waals surface area contributed by atoms with Gasteiger partial charge in [-0.15, -0.1) is 0 Å². The minimum atomic E-state index is -0.559. The van der Waals surface area contributed by atoms with Crippen LogP contribution in [-0.4, -0.2) is 24.4 Å². The molecule has 0 saturated heterocycles. The molecule has 1 aromatic rings. The molecule has 0 fully saturated rings. The van der Waals surface area contributed by atoms with Crippen LogP contribution in [0.15, 0.2) is 22.8 Å². The summed E-state index contributed by atoms with van der Waals surface area (Å²) < 4.78 is 5.07. The highest BCUT2D eigenvalue weighted by Crippen LogP contribution is 2.12. The number of amides is 2. The van der Waals surface area contributed by atoms with Crippen LogP contribution in [0.1, 0.15) is 63.9 Å². The number of carbonyl (C=O) groups is 2. The third-order valence-electron chi connectivity index (χ3n) is 4.09. The van der Waals surface area contributed by atoms with E-state index in [1.807, 2.05) is 13.8 Å². The maximum Gasteiger partial charge on any atom is 0.287 e. The summed E-state index contributed by atoms with van der Waals surface area (Å²) in [4.78, 5) is 24.5. The fourth-order valence-electron chi connectivity index (χ4n) is 2.45.